The average Bonchev–Trinajstić information content (AvgIpc) is 3.34. The largest absolute Gasteiger partial charge is 0.496 e. The number of ether oxygens (including phenoxy) is 2. The van der Waals surface area contributed by atoms with Gasteiger partial charge in [0.15, 0.2) is 0 Å². The fourth-order valence-electron chi connectivity index (χ4n) is 4.15. The second-order valence-electron chi connectivity index (χ2n) is 7.95. The standard InChI is InChI=1S/C25H29N3O4/c1-3-32-21-10-11-22-19(15-21)14-20(24(29)26-22)17-28(25(30)27-12-6-7-13-27)16-18-8-4-5-9-23(18)31-2/h4-5,8-11,14-15H,3,6-7,12-13,16-17H2,1-2H3,(H,26,29). The van der Waals surface area contributed by atoms with E-state index in [0.717, 1.165) is 53.9 Å². The van der Waals surface area contributed by atoms with Crippen LogP contribution in [0.1, 0.15) is 30.9 Å². The van der Waals surface area contributed by atoms with Crippen molar-refractivity contribution in [1.29, 1.82) is 0 Å². The zero-order valence-electron chi connectivity index (χ0n) is 18.6. The molecule has 0 saturated carbocycles. The Bertz CT molecular complexity index is 1150. The van der Waals surface area contributed by atoms with Crippen molar-refractivity contribution in [3.8, 4) is 11.5 Å². The van der Waals surface area contributed by atoms with Gasteiger partial charge in [-0.15, -0.1) is 0 Å². The number of likely N-dealkylation sites (tertiary alicyclic amines) is 1. The Labute approximate surface area is 187 Å². The summed E-state index contributed by atoms with van der Waals surface area (Å²) >= 11 is 0. The van der Waals surface area contributed by atoms with Gasteiger partial charge in [0.25, 0.3) is 5.56 Å². The van der Waals surface area contributed by atoms with Gasteiger partial charge in [-0.1, -0.05) is 18.2 Å². The van der Waals surface area contributed by atoms with Crippen LogP contribution in [0.4, 0.5) is 4.79 Å². The van der Waals surface area contributed by atoms with Gasteiger partial charge in [-0.05, 0) is 50.1 Å². The molecule has 0 radical (unpaired) electrons. The van der Waals surface area contributed by atoms with E-state index in [1.165, 1.54) is 0 Å². The van der Waals surface area contributed by atoms with Gasteiger partial charge in [0.05, 0.1) is 26.8 Å². The van der Waals surface area contributed by atoms with Crippen LogP contribution in [0.3, 0.4) is 0 Å². The maximum atomic E-state index is 13.3. The average molecular weight is 436 g/mol. The minimum absolute atomic E-state index is 0.0593. The highest BCUT2D eigenvalue weighted by Gasteiger charge is 2.25. The first kappa shape index (κ1) is 21.7. The number of nitrogens with one attached hydrogen (secondary N) is 1. The molecule has 1 aliphatic rings. The molecule has 1 fully saturated rings. The maximum absolute atomic E-state index is 13.3. The van der Waals surface area contributed by atoms with Crippen LogP contribution in [-0.2, 0) is 13.1 Å². The van der Waals surface area contributed by atoms with Crippen LogP contribution in [0.5, 0.6) is 11.5 Å². The Balaban J connectivity index is 1.67. The second-order valence-corrected chi connectivity index (χ2v) is 7.95. The third-order valence-corrected chi connectivity index (χ3v) is 5.77. The van der Waals surface area contributed by atoms with Crippen molar-refractivity contribution < 1.29 is 14.3 Å². The molecule has 2 amide bonds. The van der Waals surface area contributed by atoms with Crippen molar-refractivity contribution >= 4 is 16.9 Å². The number of aromatic nitrogens is 1. The predicted molar refractivity (Wildman–Crippen MR) is 124 cm³/mol. The van der Waals surface area contributed by atoms with Crippen LogP contribution < -0.4 is 15.0 Å². The van der Waals surface area contributed by atoms with Gasteiger partial charge in [-0.3, -0.25) is 4.79 Å². The summed E-state index contributed by atoms with van der Waals surface area (Å²) in [5.74, 6) is 1.47. The summed E-state index contributed by atoms with van der Waals surface area (Å²) in [6.07, 6.45) is 2.01. The lowest BCUT2D eigenvalue weighted by atomic mass is 10.1. The Morgan fingerprint density at radius 3 is 2.56 bits per heavy atom. The number of benzene rings is 2. The monoisotopic (exact) mass is 435 g/mol. The lowest BCUT2D eigenvalue weighted by Crippen LogP contribution is -2.41. The van der Waals surface area contributed by atoms with E-state index in [9.17, 15) is 9.59 Å². The van der Waals surface area contributed by atoms with Crippen LogP contribution in [0.2, 0.25) is 0 Å². The summed E-state index contributed by atoms with van der Waals surface area (Å²) in [6.45, 7) is 4.55. The molecule has 1 saturated heterocycles. The molecule has 168 valence electrons. The number of nitrogens with zero attached hydrogens (tertiary/aromatic N) is 2. The van der Waals surface area contributed by atoms with Gasteiger partial charge in [-0.2, -0.15) is 0 Å². The van der Waals surface area contributed by atoms with E-state index in [2.05, 4.69) is 4.98 Å². The highest BCUT2D eigenvalue weighted by atomic mass is 16.5. The lowest BCUT2D eigenvalue weighted by molar-refractivity contribution is 0.156. The fourth-order valence-corrected chi connectivity index (χ4v) is 4.15. The SMILES string of the molecule is CCOc1ccc2[nH]c(=O)c(CN(Cc3ccccc3OC)C(=O)N3CCCC3)cc2c1. The number of pyridine rings is 1. The number of para-hydroxylation sites is 1. The number of carbonyl (C=O) groups excluding carboxylic acids is 1. The molecule has 0 aliphatic carbocycles. The van der Waals surface area contributed by atoms with E-state index in [0.29, 0.717) is 18.7 Å². The number of aromatic amines is 1. The molecule has 1 aliphatic heterocycles. The Kier molecular flexibility index (Phi) is 6.63. The second kappa shape index (κ2) is 9.77. The maximum Gasteiger partial charge on any atom is 0.320 e. The fraction of sp³-hybridized carbons (Fsp3) is 0.360. The normalized spacial score (nSPS) is 13.4. The third kappa shape index (κ3) is 4.72. The number of hydrogen-bond acceptors (Lipinski definition) is 4. The summed E-state index contributed by atoms with van der Waals surface area (Å²) < 4.78 is 11.1. The number of amides is 2. The summed E-state index contributed by atoms with van der Waals surface area (Å²) in [5.41, 5.74) is 1.98. The van der Waals surface area contributed by atoms with Crippen LogP contribution in [0.15, 0.2) is 53.3 Å². The molecule has 1 aromatic heterocycles. The van der Waals surface area contributed by atoms with Gasteiger partial charge in [0.2, 0.25) is 0 Å². The van der Waals surface area contributed by atoms with Crippen LogP contribution in [-0.4, -0.2) is 47.6 Å². The van der Waals surface area contributed by atoms with E-state index < -0.39 is 0 Å². The van der Waals surface area contributed by atoms with Crippen LogP contribution in [0, 0.1) is 0 Å². The first-order valence-electron chi connectivity index (χ1n) is 11.0. The molecule has 2 aromatic carbocycles. The number of methoxy groups -OCH3 is 1. The van der Waals surface area contributed by atoms with Gasteiger partial charge >= 0.3 is 6.03 Å². The van der Waals surface area contributed by atoms with Gasteiger partial charge in [0.1, 0.15) is 11.5 Å². The molecule has 1 N–H and O–H groups in total. The van der Waals surface area contributed by atoms with E-state index >= 15 is 0 Å². The van der Waals surface area contributed by atoms with Crippen molar-refractivity contribution in [3.05, 3.63) is 70.0 Å². The number of carbonyl (C=O) groups is 1. The molecule has 2 heterocycles. The van der Waals surface area contributed by atoms with Crippen molar-refractivity contribution in [3.63, 3.8) is 0 Å². The quantitative estimate of drug-likeness (QED) is 0.605. The molecule has 0 bridgehead atoms. The van der Waals surface area contributed by atoms with Crippen molar-refractivity contribution in [2.24, 2.45) is 0 Å². The molecule has 4 rings (SSSR count). The molecule has 0 unspecified atom stereocenters. The molecule has 32 heavy (non-hydrogen) atoms. The zero-order chi connectivity index (χ0) is 22.5. The molecule has 0 spiro atoms. The van der Waals surface area contributed by atoms with E-state index in [1.54, 1.807) is 12.0 Å². The van der Waals surface area contributed by atoms with Crippen molar-refractivity contribution in [2.75, 3.05) is 26.8 Å². The predicted octanol–water partition coefficient (Wildman–Crippen LogP) is 4.15. The molecule has 0 atom stereocenters. The van der Waals surface area contributed by atoms with Crippen molar-refractivity contribution in [1.82, 2.24) is 14.8 Å². The Hall–Kier alpha value is -3.48. The zero-order valence-corrected chi connectivity index (χ0v) is 18.6. The van der Waals surface area contributed by atoms with E-state index in [1.807, 2.05) is 60.4 Å². The number of fused-ring (bicyclic) bond motifs is 1. The van der Waals surface area contributed by atoms with Gasteiger partial charge < -0.3 is 24.3 Å². The molecule has 7 nitrogen and oxygen atoms in total. The highest BCUT2D eigenvalue weighted by Crippen LogP contribution is 2.23. The first-order valence-corrected chi connectivity index (χ1v) is 11.0. The molecular weight excluding hydrogens is 406 g/mol. The molecular formula is C25H29N3O4. The van der Waals surface area contributed by atoms with E-state index in [4.69, 9.17) is 9.47 Å². The van der Waals surface area contributed by atoms with Crippen LogP contribution in [0.25, 0.3) is 10.9 Å². The minimum atomic E-state index is -0.194. The number of rotatable bonds is 7. The topological polar surface area (TPSA) is 74.9 Å². The Morgan fingerprint density at radius 1 is 1.06 bits per heavy atom. The smallest absolute Gasteiger partial charge is 0.320 e. The van der Waals surface area contributed by atoms with Crippen LogP contribution >= 0.6 is 0 Å². The third-order valence-electron chi connectivity index (χ3n) is 5.77. The summed E-state index contributed by atoms with van der Waals surface area (Å²) in [4.78, 5) is 32.7. The summed E-state index contributed by atoms with van der Waals surface area (Å²) in [7, 11) is 1.62. The summed E-state index contributed by atoms with van der Waals surface area (Å²) in [6, 6.07) is 15.0. The highest BCUT2D eigenvalue weighted by molar-refractivity contribution is 5.81. The number of urea groups is 1. The first-order chi connectivity index (χ1) is 15.6. The Morgan fingerprint density at radius 2 is 1.81 bits per heavy atom. The van der Waals surface area contributed by atoms with E-state index in [-0.39, 0.29) is 18.1 Å². The number of hydrogen-bond donors (Lipinski definition) is 1. The van der Waals surface area contributed by atoms with Gasteiger partial charge in [0, 0.05) is 35.1 Å². The lowest BCUT2D eigenvalue weighted by Gasteiger charge is -2.28. The number of H-pyrrole nitrogens is 1. The molecule has 7 heteroatoms. The molecule has 3 aromatic rings. The summed E-state index contributed by atoms with van der Waals surface area (Å²) in [5, 5.41) is 0.872. The van der Waals surface area contributed by atoms with Crippen molar-refractivity contribution in [2.45, 2.75) is 32.9 Å². The van der Waals surface area contributed by atoms with Gasteiger partial charge in [-0.25, -0.2) is 4.79 Å². The minimum Gasteiger partial charge on any atom is -0.496 e.